The van der Waals surface area contributed by atoms with E-state index in [2.05, 4.69) is 14.8 Å². The van der Waals surface area contributed by atoms with Crippen molar-refractivity contribution in [3.8, 4) is 0 Å². The molecule has 0 spiro atoms. The SMILES string of the molecule is CCNS(=O)(=O)NCC(=O)Nc1ccccc1. The Balaban J connectivity index is 2.41. The van der Waals surface area contributed by atoms with Crippen LogP contribution < -0.4 is 14.8 Å². The Bertz CT molecular complexity index is 459. The molecule has 0 fully saturated rings. The molecule has 1 rings (SSSR count). The number of carbonyl (C=O) groups excluding carboxylic acids is 1. The molecule has 0 atom stereocenters. The van der Waals surface area contributed by atoms with Crippen LogP contribution >= 0.6 is 0 Å². The highest BCUT2D eigenvalue weighted by Crippen LogP contribution is 2.03. The molecule has 0 bridgehead atoms. The van der Waals surface area contributed by atoms with Crippen molar-refractivity contribution in [3.05, 3.63) is 30.3 Å². The summed E-state index contributed by atoms with van der Waals surface area (Å²) in [4.78, 5) is 11.4. The quantitative estimate of drug-likeness (QED) is 0.674. The normalized spacial score (nSPS) is 11.1. The average Bonchev–Trinajstić information content (AvgIpc) is 2.28. The van der Waals surface area contributed by atoms with Crippen molar-refractivity contribution in [2.75, 3.05) is 18.4 Å². The average molecular weight is 257 g/mol. The maximum absolute atomic E-state index is 11.4. The van der Waals surface area contributed by atoms with Gasteiger partial charge >= 0.3 is 0 Å². The molecule has 0 aliphatic heterocycles. The summed E-state index contributed by atoms with van der Waals surface area (Å²) in [5.74, 6) is -0.419. The molecule has 0 aliphatic rings. The zero-order valence-electron chi connectivity index (χ0n) is 9.43. The minimum atomic E-state index is -3.58. The molecule has 0 saturated heterocycles. The van der Waals surface area contributed by atoms with Crippen molar-refractivity contribution in [1.82, 2.24) is 9.44 Å². The van der Waals surface area contributed by atoms with Gasteiger partial charge in [0.1, 0.15) is 0 Å². The number of anilines is 1. The second-order valence-corrected chi connectivity index (χ2v) is 4.82. The van der Waals surface area contributed by atoms with E-state index in [9.17, 15) is 13.2 Å². The number of carbonyl (C=O) groups is 1. The standard InChI is InChI=1S/C10H15N3O3S/c1-2-11-17(15,16)12-8-10(14)13-9-6-4-3-5-7-9/h3-7,11-12H,2,8H2,1H3,(H,13,14). The van der Waals surface area contributed by atoms with Gasteiger partial charge in [-0.1, -0.05) is 25.1 Å². The molecule has 6 nitrogen and oxygen atoms in total. The molecular weight excluding hydrogens is 242 g/mol. The van der Waals surface area contributed by atoms with Gasteiger partial charge in [-0.2, -0.15) is 13.1 Å². The molecule has 3 N–H and O–H groups in total. The van der Waals surface area contributed by atoms with E-state index in [0.717, 1.165) is 0 Å². The van der Waals surface area contributed by atoms with Gasteiger partial charge in [-0.25, -0.2) is 4.72 Å². The van der Waals surface area contributed by atoms with E-state index in [-0.39, 0.29) is 13.1 Å². The summed E-state index contributed by atoms with van der Waals surface area (Å²) in [5.41, 5.74) is 0.625. The van der Waals surface area contributed by atoms with Crippen LogP contribution in [0.1, 0.15) is 6.92 Å². The summed E-state index contributed by atoms with van der Waals surface area (Å²) in [6.45, 7) is 1.63. The molecule has 1 aromatic rings. The van der Waals surface area contributed by atoms with Crippen LogP contribution in [0.3, 0.4) is 0 Å². The molecule has 17 heavy (non-hydrogen) atoms. The molecule has 94 valence electrons. The minimum absolute atomic E-state index is 0.273. The van der Waals surface area contributed by atoms with Gasteiger partial charge in [0.15, 0.2) is 0 Å². The lowest BCUT2D eigenvalue weighted by Gasteiger charge is -2.07. The van der Waals surface area contributed by atoms with Gasteiger partial charge in [0.05, 0.1) is 6.54 Å². The number of amides is 1. The van der Waals surface area contributed by atoms with E-state index in [1.807, 2.05) is 6.07 Å². The fourth-order valence-electron chi connectivity index (χ4n) is 1.13. The Morgan fingerprint density at radius 1 is 1.18 bits per heavy atom. The Hall–Kier alpha value is -1.44. The summed E-state index contributed by atoms with van der Waals surface area (Å²) in [7, 11) is -3.58. The smallest absolute Gasteiger partial charge is 0.277 e. The third-order valence-corrected chi connectivity index (χ3v) is 3.01. The minimum Gasteiger partial charge on any atom is -0.325 e. The fraction of sp³-hybridized carbons (Fsp3) is 0.300. The molecule has 0 aromatic heterocycles. The van der Waals surface area contributed by atoms with Crippen molar-refractivity contribution in [3.63, 3.8) is 0 Å². The van der Waals surface area contributed by atoms with Crippen LogP contribution in [0.4, 0.5) is 5.69 Å². The van der Waals surface area contributed by atoms with E-state index in [0.29, 0.717) is 5.69 Å². The van der Waals surface area contributed by atoms with Crippen molar-refractivity contribution in [1.29, 1.82) is 0 Å². The predicted molar refractivity (Wildman–Crippen MR) is 65.7 cm³/mol. The Morgan fingerprint density at radius 3 is 2.41 bits per heavy atom. The van der Waals surface area contributed by atoms with Crippen LogP contribution in [-0.2, 0) is 15.0 Å². The molecule has 1 amide bonds. The first-order chi connectivity index (χ1) is 8.03. The summed E-state index contributed by atoms with van der Waals surface area (Å²) >= 11 is 0. The van der Waals surface area contributed by atoms with Gasteiger partial charge in [-0.3, -0.25) is 4.79 Å². The largest absolute Gasteiger partial charge is 0.325 e. The predicted octanol–water partition coefficient (Wildman–Crippen LogP) is 0.0690. The summed E-state index contributed by atoms with van der Waals surface area (Å²) < 4.78 is 26.7. The van der Waals surface area contributed by atoms with Gasteiger partial charge in [0.25, 0.3) is 10.2 Å². The first-order valence-corrected chi connectivity index (χ1v) is 6.61. The highest BCUT2D eigenvalue weighted by atomic mass is 32.2. The van der Waals surface area contributed by atoms with E-state index in [4.69, 9.17) is 0 Å². The Kier molecular flexibility index (Phi) is 5.08. The molecule has 0 saturated carbocycles. The van der Waals surface area contributed by atoms with Crippen molar-refractivity contribution < 1.29 is 13.2 Å². The molecule has 0 unspecified atom stereocenters. The fourth-order valence-corrected chi connectivity index (χ4v) is 1.93. The van der Waals surface area contributed by atoms with Gasteiger partial charge in [0, 0.05) is 12.2 Å². The van der Waals surface area contributed by atoms with Gasteiger partial charge in [0.2, 0.25) is 5.91 Å². The highest BCUT2D eigenvalue weighted by molar-refractivity contribution is 7.87. The molecule has 0 aliphatic carbocycles. The highest BCUT2D eigenvalue weighted by Gasteiger charge is 2.10. The second kappa shape index (κ2) is 6.33. The van der Waals surface area contributed by atoms with Crippen LogP contribution in [0.15, 0.2) is 30.3 Å². The maximum atomic E-state index is 11.4. The van der Waals surface area contributed by atoms with Crippen LogP contribution in [0.2, 0.25) is 0 Å². The lowest BCUT2D eigenvalue weighted by atomic mass is 10.3. The third kappa shape index (κ3) is 5.43. The number of benzene rings is 1. The van der Waals surface area contributed by atoms with E-state index in [1.165, 1.54) is 0 Å². The first kappa shape index (κ1) is 13.6. The monoisotopic (exact) mass is 257 g/mol. The summed E-state index contributed by atoms with van der Waals surface area (Å²) in [6, 6.07) is 8.81. The molecule has 7 heteroatoms. The lowest BCUT2D eigenvalue weighted by molar-refractivity contribution is -0.115. The summed E-state index contributed by atoms with van der Waals surface area (Å²) in [6.07, 6.45) is 0. The van der Waals surface area contributed by atoms with E-state index in [1.54, 1.807) is 31.2 Å². The topological polar surface area (TPSA) is 87.3 Å². The zero-order valence-corrected chi connectivity index (χ0v) is 10.3. The van der Waals surface area contributed by atoms with Crippen LogP contribution in [0.25, 0.3) is 0 Å². The maximum Gasteiger partial charge on any atom is 0.277 e. The lowest BCUT2D eigenvalue weighted by Crippen LogP contribution is -2.40. The number of nitrogens with one attached hydrogen (secondary N) is 3. The first-order valence-electron chi connectivity index (χ1n) is 5.12. The number of hydrogen-bond donors (Lipinski definition) is 3. The Morgan fingerprint density at radius 2 is 1.82 bits per heavy atom. The van der Waals surface area contributed by atoms with Crippen LogP contribution in [-0.4, -0.2) is 27.4 Å². The summed E-state index contributed by atoms with van der Waals surface area (Å²) in [5, 5.41) is 2.56. The van der Waals surface area contributed by atoms with Crippen LogP contribution in [0.5, 0.6) is 0 Å². The van der Waals surface area contributed by atoms with Crippen molar-refractivity contribution in [2.24, 2.45) is 0 Å². The molecule has 0 radical (unpaired) electrons. The second-order valence-electron chi connectivity index (χ2n) is 3.24. The molecule has 0 heterocycles. The van der Waals surface area contributed by atoms with E-state index < -0.39 is 16.1 Å². The van der Waals surface area contributed by atoms with Gasteiger partial charge in [-0.05, 0) is 12.1 Å². The third-order valence-electron chi connectivity index (χ3n) is 1.81. The zero-order chi connectivity index (χ0) is 12.7. The molecule has 1 aromatic carbocycles. The Labute approximate surface area is 101 Å². The molecular formula is C10H15N3O3S. The number of hydrogen-bond acceptors (Lipinski definition) is 3. The number of rotatable bonds is 6. The number of para-hydroxylation sites is 1. The van der Waals surface area contributed by atoms with Crippen molar-refractivity contribution in [2.45, 2.75) is 6.92 Å². The van der Waals surface area contributed by atoms with Gasteiger partial charge < -0.3 is 5.32 Å². The van der Waals surface area contributed by atoms with Gasteiger partial charge in [-0.15, -0.1) is 0 Å². The van der Waals surface area contributed by atoms with Crippen LogP contribution in [0, 0.1) is 0 Å². The van der Waals surface area contributed by atoms with Crippen molar-refractivity contribution >= 4 is 21.8 Å². The van der Waals surface area contributed by atoms with E-state index >= 15 is 0 Å².